The van der Waals surface area contributed by atoms with E-state index in [0.717, 1.165) is 0 Å². The lowest BCUT2D eigenvalue weighted by molar-refractivity contribution is 0.656. The van der Waals surface area contributed by atoms with Crippen LogP contribution in [0.3, 0.4) is 0 Å². The van der Waals surface area contributed by atoms with E-state index in [1.807, 2.05) is 13.0 Å². The molecule has 1 aromatic rings. The predicted molar refractivity (Wildman–Crippen MR) is 68.8 cm³/mol. The molecular formula is C15H14FN. The molecule has 0 atom stereocenters. The summed E-state index contributed by atoms with van der Waals surface area (Å²) in [7, 11) is 0. The molecule has 0 fully saturated rings. The maximum atomic E-state index is 13.9. The molecular weight excluding hydrogens is 213 g/mol. The van der Waals surface area contributed by atoms with Crippen LogP contribution in [0.15, 0.2) is 54.4 Å². The third-order valence-corrected chi connectivity index (χ3v) is 2.25. The van der Waals surface area contributed by atoms with Gasteiger partial charge in [0.15, 0.2) is 0 Å². The first-order valence-corrected chi connectivity index (χ1v) is 5.29. The number of hydrogen-bond donors (Lipinski definition) is 0. The Bertz CT molecular complexity index is 530. The van der Waals surface area contributed by atoms with Gasteiger partial charge in [0.2, 0.25) is 0 Å². The van der Waals surface area contributed by atoms with Crippen molar-refractivity contribution in [3.63, 3.8) is 0 Å². The Morgan fingerprint density at radius 1 is 1.47 bits per heavy atom. The van der Waals surface area contributed by atoms with Crippen LogP contribution in [0, 0.1) is 11.3 Å². The molecule has 0 aromatic heterocycles. The first-order valence-electron chi connectivity index (χ1n) is 5.29. The van der Waals surface area contributed by atoms with Crippen LogP contribution in [0.5, 0.6) is 0 Å². The van der Waals surface area contributed by atoms with Crippen LogP contribution in [0.1, 0.15) is 25.0 Å². The van der Waals surface area contributed by atoms with Crippen molar-refractivity contribution in [1.29, 1.82) is 5.26 Å². The summed E-state index contributed by atoms with van der Waals surface area (Å²) in [5.74, 6) is -0.349. The number of benzene rings is 1. The third kappa shape index (κ3) is 3.15. The lowest BCUT2D eigenvalue weighted by Gasteiger charge is -2.06. The molecule has 0 amide bonds. The summed E-state index contributed by atoms with van der Waals surface area (Å²) in [6, 6.07) is 8.91. The van der Waals surface area contributed by atoms with Gasteiger partial charge in [-0.3, -0.25) is 0 Å². The zero-order chi connectivity index (χ0) is 12.8. The summed E-state index contributed by atoms with van der Waals surface area (Å²) < 4.78 is 13.9. The lowest BCUT2D eigenvalue weighted by Crippen LogP contribution is -1.88. The Morgan fingerprint density at radius 3 is 2.71 bits per heavy atom. The molecule has 0 bridgehead atoms. The minimum Gasteiger partial charge on any atom is -0.206 e. The molecule has 2 heteroatoms. The van der Waals surface area contributed by atoms with Crippen molar-refractivity contribution in [3.05, 3.63) is 65.5 Å². The number of nitrogens with zero attached hydrogens (tertiary/aromatic N) is 1. The summed E-state index contributed by atoms with van der Waals surface area (Å²) >= 11 is 0. The van der Waals surface area contributed by atoms with Crippen LogP contribution in [0.25, 0.3) is 5.57 Å². The molecule has 0 spiro atoms. The van der Waals surface area contributed by atoms with E-state index in [1.165, 1.54) is 0 Å². The Morgan fingerprint density at radius 2 is 2.18 bits per heavy atom. The second-order valence-corrected chi connectivity index (χ2v) is 3.70. The van der Waals surface area contributed by atoms with Gasteiger partial charge in [0, 0.05) is 5.57 Å². The molecule has 0 N–H and O–H groups in total. The van der Waals surface area contributed by atoms with Crippen LogP contribution < -0.4 is 0 Å². The van der Waals surface area contributed by atoms with Crippen molar-refractivity contribution in [3.8, 4) is 6.07 Å². The minimum atomic E-state index is -0.349. The molecule has 0 aliphatic carbocycles. The molecule has 0 radical (unpaired) electrons. The average Bonchev–Trinajstić information content (AvgIpc) is 2.35. The molecule has 1 rings (SSSR count). The molecule has 17 heavy (non-hydrogen) atoms. The van der Waals surface area contributed by atoms with Crippen molar-refractivity contribution in [1.82, 2.24) is 0 Å². The topological polar surface area (TPSA) is 23.8 Å². The fraction of sp³-hybridized carbons (Fsp3) is 0.133. The van der Waals surface area contributed by atoms with E-state index in [1.54, 1.807) is 43.3 Å². The highest BCUT2D eigenvalue weighted by molar-refractivity contribution is 5.78. The summed E-state index contributed by atoms with van der Waals surface area (Å²) in [6.07, 6.45) is 3.44. The fourth-order valence-electron chi connectivity index (χ4n) is 1.45. The molecule has 0 aliphatic rings. The van der Waals surface area contributed by atoms with Gasteiger partial charge in [0.1, 0.15) is 5.83 Å². The van der Waals surface area contributed by atoms with Crippen molar-refractivity contribution >= 4 is 5.57 Å². The van der Waals surface area contributed by atoms with Crippen LogP contribution in [0.2, 0.25) is 0 Å². The Labute approximate surface area is 101 Å². The molecule has 1 nitrogen and oxygen atoms in total. The van der Waals surface area contributed by atoms with Gasteiger partial charge in [-0.05, 0) is 37.1 Å². The quantitative estimate of drug-likeness (QED) is 0.702. The van der Waals surface area contributed by atoms with Crippen LogP contribution in [-0.4, -0.2) is 0 Å². The summed E-state index contributed by atoms with van der Waals surface area (Å²) in [5.41, 5.74) is 2.03. The second-order valence-electron chi connectivity index (χ2n) is 3.70. The van der Waals surface area contributed by atoms with Crippen molar-refractivity contribution in [2.45, 2.75) is 13.8 Å². The molecule has 0 saturated heterocycles. The highest BCUT2D eigenvalue weighted by atomic mass is 19.1. The van der Waals surface area contributed by atoms with Gasteiger partial charge in [-0.2, -0.15) is 5.26 Å². The Kier molecular flexibility index (Phi) is 4.42. The smallest absolute Gasteiger partial charge is 0.133 e. The van der Waals surface area contributed by atoms with Gasteiger partial charge in [0.25, 0.3) is 0 Å². The van der Waals surface area contributed by atoms with Crippen LogP contribution in [0.4, 0.5) is 4.39 Å². The van der Waals surface area contributed by atoms with E-state index in [2.05, 4.69) is 6.58 Å². The van der Waals surface area contributed by atoms with E-state index in [4.69, 9.17) is 5.26 Å². The molecule has 86 valence electrons. The Hall–Kier alpha value is -2.14. The van der Waals surface area contributed by atoms with Gasteiger partial charge in [-0.25, -0.2) is 4.39 Å². The number of rotatable bonds is 3. The number of hydrogen-bond acceptors (Lipinski definition) is 1. The lowest BCUT2D eigenvalue weighted by atomic mass is 10.0. The number of nitriles is 1. The molecule has 0 aliphatic heterocycles. The van der Waals surface area contributed by atoms with Gasteiger partial charge in [-0.15, -0.1) is 0 Å². The van der Waals surface area contributed by atoms with Gasteiger partial charge < -0.3 is 0 Å². The first-order chi connectivity index (χ1) is 8.10. The highest BCUT2D eigenvalue weighted by Gasteiger charge is 2.07. The zero-order valence-corrected chi connectivity index (χ0v) is 10.00. The van der Waals surface area contributed by atoms with Crippen molar-refractivity contribution in [2.24, 2.45) is 0 Å². The maximum Gasteiger partial charge on any atom is 0.133 e. The van der Waals surface area contributed by atoms with Crippen molar-refractivity contribution < 1.29 is 4.39 Å². The standard InChI is InChI=1S/C15H14FN/c1-4-6-14(15(16)11(2)3)13-8-5-7-12(9-13)10-17/h4-9H,2H2,1,3H3/b6-4-,15-14-. The minimum absolute atomic E-state index is 0.349. The molecule has 0 saturated carbocycles. The predicted octanol–water partition coefficient (Wildman–Crippen LogP) is 4.39. The zero-order valence-electron chi connectivity index (χ0n) is 10.00. The molecule has 0 heterocycles. The Balaban J connectivity index is 3.39. The summed E-state index contributed by atoms with van der Waals surface area (Å²) in [5, 5.41) is 8.83. The fourth-order valence-corrected chi connectivity index (χ4v) is 1.45. The van der Waals surface area contributed by atoms with E-state index < -0.39 is 0 Å². The van der Waals surface area contributed by atoms with E-state index in [9.17, 15) is 4.39 Å². The second kappa shape index (κ2) is 5.81. The van der Waals surface area contributed by atoms with Crippen LogP contribution >= 0.6 is 0 Å². The van der Waals surface area contributed by atoms with Gasteiger partial charge in [-0.1, -0.05) is 30.9 Å². The summed E-state index contributed by atoms with van der Waals surface area (Å²) in [4.78, 5) is 0. The third-order valence-electron chi connectivity index (χ3n) is 2.25. The average molecular weight is 227 g/mol. The normalized spacial score (nSPS) is 12.1. The van der Waals surface area contributed by atoms with E-state index in [0.29, 0.717) is 22.3 Å². The largest absolute Gasteiger partial charge is 0.206 e. The van der Waals surface area contributed by atoms with Crippen molar-refractivity contribution in [2.75, 3.05) is 0 Å². The number of halogens is 1. The van der Waals surface area contributed by atoms with Gasteiger partial charge >= 0.3 is 0 Å². The molecule has 0 unspecified atom stereocenters. The molecule has 1 aromatic carbocycles. The SMILES string of the molecule is C=C(C)/C(F)=C(\C=C/C)c1cccc(C#N)c1. The van der Waals surface area contributed by atoms with E-state index in [-0.39, 0.29) is 5.83 Å². The highest BCUT2D eigenvalue weighted by Crippen LogP contribution is 2.25. The van der Waals surface area contributed by atoms with E-state index >= 15 is 0 Å². The maximum absolute atomic E-state index is 13.9. The summed E-state index contributed by atoms with van der Waals surface area (Å²) in [6.45, 7) is 7.03. The number of allylic oxidation sites excluding steroid dienone is 5. The first kappa shape index (κ1) is 12.9. The monoisotopic (exact) mass is 227 g/mol. The van der Waals surface area contributed by atoms with Gasteiger partial charge in [0.05, 0.1) is 11.6 Å². The van der Waals surface area contributed by atoms with Crippen LogP contribution in [-0.2, 0) is 0 Å².